The van der Waals surface area contributed by atoms with Crippen LogP contribution in [0.3, 0.4) is 0 Å². The van der Waals surface area contributed by atoms with E-state index >= 15 is 0 Å². The lowest BCUT2D eigenvalue weighted by molar-refractivity contribution is -0.133. The van der Waals surface area contributed by atoms with Crippen LogP contribution in [-0.2, 0) is 9.59 Å². The molecule has 3 aromatic heterocycles. The second-order valence-corrected chi connectivity index (χ2v) is 8.18. The van der Waals surface area contributed by atoms with Crippen LogP contribution in [0.1, 0.15) is 31.5 Å². The van der Waals surface area contributed by atoms with Crippen LogP contribution < -0.4 is 5.32 Å². The summed E-state index contributed by atoms with van der Waals surface area (Å²) in [5, 5.41) is 9.99. The Kier molecular flexibility index (Phi) is 5.37. The first-order valence-electron chi connectivity index (χ1n) is 10.8. The first kappa shape index (κ1) is 20.9. The zero-order valence-corrected chi connectivity index (χ0v) is 18.1. The lowest BCUT2D eigenvalue weighted by Gasteiger charge is -2.18. The highest BCUT2D eigenvalue weighted by Crippen LogP contribution is 2.32. The fraction of sp³-hybridized carbons (Fsp3) is 0.250. The van der Waals surface area contributed by atoms with Crippen molar-refractivity contribution in [3.05, 3.63) is 66.5 Å². The van der Waals surface area contributed by atoms with Gasteiger partial charge in [0.05, 0.1) is 36.4 Å². The van der Waals surface area contributed by atoms with E-state index in [2.05, 4.69) is 20.5 Å². The van der Waals surface area contributed by atoms with Crippen LogP contribution >= 0.6 is 0 Å². The molecule has 0 aliphatic carbocycles. The maximum Gasteiger partial charge on any atom is 0.240 e. The summed E-state index contributed by atoms with van der Waals surface area (Å²) in [7, 11) is 0. The SMILES string of the molecule is C[C@@H](NC(=O)CN1CCCC1=O)c1cnc2ccc(-c3cn[nH]c3-c3ccccc3F)cn12. The molecule has 4 aromatic rings. The molecule has 0 radical (unpaired) electrons. The van der Waals surface area contributed by atoms with Crippen molar-refractivity contribution in [3.63, 3.8) is 0 Å². The van der Waals surface area contributed by atoms with E-state index in [1.165, 1.54) is 6.07 Å². The maximum absolute atomic E-state index is 14.4. The molecule has 5 rings (SSSR count). The summed E-state index contributed by atoms with van der Waals surface area (Å²) in [6.45, 7) is 2.56. The number of aromatic nitrogens is 4. The van der Waals surface area contributed by atoms with Gasteiger partial charge in [-0.2, -0.15) is 5.10 Å². The van der Waals surface area contributed by atoms with Crippen molar-refractivity contribution in [1.29, 1.82) is 0 Å². The van der Waals surface area contributed by atoms with Gasteiger partial charge in [0.25, 0.3) is 0 Å². The van der Waals surface area contributed by atoms with E-state index in [1.807, 2.05) is 29.7 Å². The molecule has 1 fully saturated rings. The first-order valence-corrected chi connectivity index (χ1v) is 10.8. The number of H-pyrrole nitrogens is 1. The predicted octanol–water partition coefficient (Wildman–Crippen LogP) is 3.33. The standard InChI is InChI=1S/C24H23FN6O2/c1-15(28-22(32)14-30-10-4-7-23(30)33)20-12-26-21-9-8-16(13-31(20)21)18-11-27-29-24(18)17-5-2-3-6-19(17)25/h2-3,5-6,8-9,11-13,15H,4,7,10,14H2,1H3,(H,27,29)(H,28,32)/t15-/m1/s1. The van der Waals surface area contributed by atoms with Crippen LogP contribution in [0.4, 0.5) is 4.39 Å². The van der Waals surface area contributed by atoms with Crippen molar-refractivity contribution in [2.24, 2.45) is 0 Å². The second kappa shape index (κ2) is 8.50. The molecule has 1 aliphatic rings. The van der Waals surface area contributed by atoms with Crippen LogP contribution in [-0.4, -0.2) is 49.4 Å². The number of nitrogens with zero attached hydrogens (tertiary/aromatic N) is 4. The van der Waals surface area contributed by atoms with Gasteiger partial charge in [-0.05, 0) is 37.6 Å². The van der Waals surface area contributed by atoms with Gasteiger partial charge in [0, 0.05) is 35.9 Å². The van der Waals surface area contributed by atoms with Crippen molar-refractivity contribution in [2.45, 2.75) is 25.8 Å². The molecule has 8 nitrogen and oxygen atoms in total. The Morgan fingerprint density at radius 1 is 1.21 bits per heavy atom. The highest BCUT2D eigenvalue weighted by atomic mass is 19.1. The minimum Gasteiger partial charge on any atom is -0.346 e. The fourth-order valence-corrected chi connectivity index (χ4v) is 4.26. The summed E-state index contributed by atoms with van der Waals surface area (Å²) in [5.74, 6) is -0.524. The summed E-state index contributed by atoms with van der Waals surface area (Å²) in [6, 6.07) is 10.00. The monoisotopic (exact) mass is 446 g/mol. The molecule has 9 heteroatoms. The number of hydrogen-bond acceptors (Lipinski definition) is 4. The number of benzene rings is 1. The van der Waals surface area contributed by atoms with Gasteiger partial charge >= 0.3 is 0 Å². The molecular formula is C24H23FN6O2. The van der Waals surface area contributed by atoms with Crippen molar-refractivity contribution in [2.75, 3.05) is 13.1 Å². The Bertz CT molecular complexity index is 1340. The largest absolute Gasteiger partial charge is 0.346 e. The number of aromatic amines is 1. The van der Waals surface area contributed by atoms with E-state index in [1.54, 1.807) is 35.5 Å². The summed E-state index contributed by atoms with van der Waals surface area (Å²) >= 11 is 0. The number of amides is 2. The van der Waals surface area contributed by atoms with Gasteiger partial charge in [0.1, 0.15) is 11.5 Å². The third-order valence-corrected chi connectivity index (χ3v) is 5.95. The van der Waals surface area contributed by atoms with Crippen LogP contribution in [0.2, 0.25) is 0 Å². The number of imidazole rings is 1. The Balaban J connectivity index is 1.42. The Morgan fingerprint density at radius 2 is 2.06 bits per heavy atom. The zero-order valence-electron chi connectivity index (χ0n) is 18.1. The fourth-order valence-electron chi connectivity index (χ4n) is 4.26. The van der Waals surface area contributed by atoms with Crippen LogP contribution in [0.25, 0.3) is 28.0 Å². The number of fused-ring (bicyclic) bond motifs is 1. The van der Waals surface area contributed by atoms with E-state index in [4.69, 9.17) is 0 Å². The van der Waals surface area contributed by atoms with Gasteiger partial charge in [0.15, 0.2) is 0 Å². The quantitative estimate of drug-likeness (QED) is 0.475. The van der Waals surface area contributed by atoms with E-state index in [0.717, 1.165) is 28.9 Å². The van der Waals surface area contributed by atoms with E-state index in [0.29, 0.717) is 24.2 Å². The highest BCUT2D eigenvalue weighted by Gasteiger charge is 2.24. The molecular weight excluding hydrogens is 423 g/mol. The number of carbonyl (C=O) groups excluding carboxylic acids is 2. The predicted molar refractivity (Wildman–Crippen MR) is 121 cm³/mol. The van der Waals surface area contributed by atoms with Crippen molar-refractivity contribution < 1.29 is 14.0 Å². The molecule has 0 spiro atoms. The van der Waals surface area contributed by atoms with Gasteiger partial charge in [0.2, 0.25) is 11.8 Å². The second-order valence-electron chi connectivity index (χ2n) is 8.18. The van der Waals surface area contributed by atoms with Crippen LogP contribution in [0, 0.1) is 5.82 Å². The molecule has 4 heterocycles. The highest BCUT2D eigenvalue weighted by molar-refractivity contribution is 5.86. The normalized spacial score (nSPS) is 14.7. The van der Waals surface area contributed by atoms with E-state index < -0.39 is 0 Å². The third kappa shape index (κ3) is 3.97. The Hall–Kier alpha value is -4.01. The molecule has 1 atom stereocenters. The van der Waals surface area contributed by atoms with E-state index in [9.17, 15) is 14.0 Å². The lowest BCUT2D eigenvalue weighted by atomic mass is 10.0. The average Bonchev–Trinajstić information content (AvgIpc) is 3.53. The summed E-state index contributed by atoms with van der Waals surface area (Å²) < 4.78 is 16.3. The Labute approximate surface area is 189 Å². The molecule has 33 heavy (non-hydrogen) atoms. The van der Waals surface area contributed by atoms with Gasteiger partial charge in [-0.25, -0.2) is 9.37 Å². The van der Waals surface area contributed by atoms with Crippen molar-refractivity contribution in [1.82, 2.24) is 29.8 Å². The van der Waals surface area contributed by atoms with Gasteiger partial charge in [-0.1, -0.05) is 12.1 Å². The van der Waals surface area contributed by atoms with E-state index in [-0.39, 0.29) is 30.2 Å². The summed E-state index contributed by atoms with van der Waals surface area (Å²) in [6.07, 6.45) is 6.58. The molecule has 0 bridgehead atoms. The van der Waals surface area contributed by atoms with Gasteiger partial charge < -0.3 is 14.6 Å². The maximum atomic E-state index is 14.4. The number of hydrogen-bond donors (Lipinski definition) is 2. The van der Waals surface area contributed by atoms with Gasteiger partial charge in [-0.3, -0.25) is 14.7 Å². The minimum atomic E-state index is -0.333. The Morgan fingerprint density at radius 3 is 2.85 bits per heavy atom. The van der Waals surface area contributed by atoms with Crippen molar-refractivity contribution >= 4 is 17.5 Å². The van der Waals surface area contributed by atoms with Gasteiger partial charge in [-0.15, -0.1) is 0 Å². The lowest BCUT2D eigenvalue weighted by Crippen LogP contribution is -2.39. The molecule has 1 aromatic carbocycles. The molecule has 2 N–H and O–H groups in total. The van der Waals surface area contributed by atoms with Crippen LogP contribution in [0.5, 0.6) is 0 Å². The zero-order chi connectivity index (χ0) is 22.9. The molecule has 0 saturated carbocycles. The summed E-state index contributed by atoms with van der Waals surface area (Å²) in [5.41, 5.74) is 4.13. The molecule has 0 unspecified atom stereocenters. The average molecular weight is 446 g/mol. The molecule has 2 amide bonds. The minimum absolute atomic E-state index is 0.0167. The molecule has 168 valence electrons. The smallest absolute Gasteiger partial charge is 0.240 e. The summed E-state index contributed by atoms with van der Waals surface area (Å²) in [4.78, 5) is 30.3. The molecule has 1 saturated heterocycles. The number of carbonyl (C=O) groups is 2. The molecule has 1 aliphatic heterocycles. The number of likely N-dealkylation sites (tertiary alicyclic amines) is 1. The topological polar surface area (TPSA) is 95.4 Å². The number of halogens is 1. The van der Waals surface area contributed by atoms with Crippen molar-refractivity contribution in [3.8, 4) is 22.4 Å². The first-order chi connectivity index (χ1) is 16.0. The van der Waals surface area contributed by atoms with Crippen LogP contribution in [0.15, 0.2) is 55.0 Å². The number of rotatable bonds is 6. The number of nitrogens with one attached hydrogen (secondary N) is 2. The third-order valence-electron chi connectivity index (χ3n) is 5.95. The number of pyridine rings is 1.